The summed E-state index contributed by atoms with van der Waals surface area (Å²) in [7, 11) is 0. The lowest BCUT2D eigenvalue weighted by atomic mass is 9.82. The Bertz CT molecular complexity index is 2950. The van der Waals surface area contributed by atoms with Crippen LogP contribution in [0.15, 0.2) is 164 Å². The maximum atomic E-state index is 2.69. The van der Waals surface area contributed by atoms with Crippen molar-refractivity contribution in [3.8, 4) is 11.5 Å². The molecule has 12 rings (SSSR count). The van der Waals surface area contributed by atoms with Gasteiger partial charge in [0.2, 0.25) is 0 Å². The fraction of sp³-hybridized carbons (Fsp3) is 0.0435. The molecule has 3 aliphatic rings. The van der Waals surface area contributed by atoms with Crippen molar-refractivity contribution in [2.75, 3.05) is 4.90 Å². The summed E-state index contributed by atoms with van der Waals surface area (Å²) in [5, 5.41) is 9.11. The van der Waals surface area contributed by atoms with Gasteiger partial charge in [0.05, 0.1) is 28.3 Å². The van der Waals surface area contributed by atoms with E-state index in [1.807, 2.05) is 0 Å². The van der Waals surface area contributed by atoms with E-state index in [9.17, 15) is 0 Å². The van der Waals surface area contributed by atoms with Crippen LogP contribution in [-0.2, 0) is 0 Å². The molecule has 7 aromatic carbocycles. The van der Waals surface area contributed by atoms with Crippen LogP contribution in [0.1, 0.15) is 17.0 Å². The molecule has 49 heavy (non-hydrogen) atoms. The van der Waals surface area contributed by atoms with E-state index >= 15 is 0 Å². The van der Waals surface area contributed by atoms with Gasteiger partial charge in [-0.2, -0.15) is 0 Å². The Morgan fingerprint density at radius 1 is 0.531 bits per heavy atom. The second-order valence-corrected chi connectivity index (χ2v) is 13.6. The van der Waals surface area contributed by atoms with Crippen molar-refractivity contribution in [3.05, 3.63) is 175 Å². The molecule has 0 N–H and O–H groups in total. The summed E-state index contributed by atoms with van der Waals surface area (Å²) in [5.74, 6) is 1.39. The van der Waals surface area contributed by atoms with E-state index in [2.05, 4.69) is 178 Å². The number of allylic oxidation sites excluding steroid dienone is 2. The van der Waals surface area contributed by atoms with E-state index in [1.54, 1.807) is 0 Å². The molecule has 0 saturated carbocycles. The Morgan fingerprint density at radius 3 is 2.16 bits per heavy atom. The predicted octanol–water partition coefficient (Wildman–Crippen LogP) is 11.6. The first-order valence-corrected chi connectivity index (χ1v) is 17.2. The minimum atomic E-state index is 0.226. The van der Waals surface area contributed by atoms with Crippen molar-refractivity contribution in [2.24, 2.45) is 0 Å². The van der Waals surface area contributed by atoms with Gasteiger partial charge in [0, 0.05) is 39.0 Å². The normalized spacial score (nSPS) is 17.4. The second-order valence-electron chi connectivity index (χ2n) is 13.6. The third kappa shape index (κ3) is 3.14. The third-order valence-corrected chi connectivity index (χ3v) is 11.3. The highest BCUT2D eigenvalue weighted by Crippen LogP contribution is 2.62. The Kier molecular flexibility index (Phi) is 4.82. The lowest BCUT2D eigenvalue weighted by Crippen LogP contribution is -2.26. The molecule has 228 valence electrons. The Balaban J connectivity index is 1.36. The van der Waals surface area contributed by atoms with Crippen molar-refractivity contribution in [1.82, 2.24) is 9.13 Å². The van der Waals surface area contributed by atoms with Gasteiger partial charge in [-0.25, -0.2) is 0 Å². The van der Waals surface area contributed by atoms with E-state index in [4.69, 9.17) is 0 Å². The first kappa shape index (κ1) is 25.7. The van der Waals surface area contributed by atoms with Gasteiger partial charge in [-0.15, -0.1) is 0 Å². The smallest absolute Gasteiger partial charge is 0.123 e. The van der Waals surface area contributed by atoms with Crippen LogP contribution in [0, 0.1) is 0 Å². The fourth-order valence-electron chi connectivity index (χ4n) is 9.53. The lowest BCUT2D eigenvalue weighted by Gasteiger charge is -2.25. The average molecular weight is 624 g/mol. The number of hydrogen-bond donors (Lipinski definition) is 0. The van der Waals surface area contributed by atoms with Crippen LogP contribution < -0.4 is 4.90 Å². The Labute approximate surface area is 282 Å². The highest BCUT2D eigenvalue weighted by Gasteiger charge is 2.49. The van der Waals surface area contributed by atoms with Crippen LogP contribution in [0.3, 0.4) is 0 Å². The Morgan fingerprint density at radius 2 is 1.27 bits per heavy atom. The topological polar surface area (TPSA) is 13.1 Å². The van der Waals surface area contributed by atoms with Gasteiger partial charge in [-0.3, -0.25) is 9.13 Å². The summed E-state index contributed by atoms with van der Waals surface area (Å²) in [6.45, 7) is 0. The quantitative estimate of drug-likeness (QED) is 0.175. The summed E-state index contributed by atoms with van der Waals surface area (Å²) in [5.41, 5.74) is 11.7. The standard InChI is InChI=1S/C46H29N3/c1-2-15-30(16-3-1)47-37-22-9-5-14-29(37)27-40(47)48-39-24-11-8-19-34(39)43-41-31-17-6-4-13-28(31)25-26-35(41)42-36-21-12-20-33-32-18-7-10-23-38(32)49(44(33)36)45(42)46(43)48/h1-27,36,44H. The zero-order chi connectivity index (χ0) is 31.8. The molecule has 2 aromatic heterocycles. The predicted molar refractivity (Wildman–Crippen MR) is 205 cm³/mol. The van der Waals surface area contributed by atoms with Crippen molar-refractivity contribution in [2.45, 2.75) is 12.0 Å². The first-order valence-electron chi connectivity index (χ1n) is 17.2. The van der Waals surface area contributed by atoms with E-state index in [-0.39, 0.29) is 12.0 Å². The number of para-hydroxylation sites is 4. The van der Waals surface area contributed by atoms with E-state index in [0.29, 0.717) is 0 Å². The van der Waals surface area contributed by atoms with Gasteiger partial charge in [0.15, 0.2) is 0 Å². The van der Waals surface area contributed by atoms with Crippen molar-refractivity contribution in [1.29, 1.82) is 0 Å². The number of aromatic nitrogens is 2. The molecule has 0 fully saturated rings. The highest BCUT2D eigenvalue weighted by molar-refractivity contribution is 6.33. The van der Waals surface area contributed by atoms with Gasteiger partial charge in [0.25, 0.3) is 0 Å². The van der Waals surface area contributed by atoms with Gasteiger partial charge < -0.3 is 4.90 Å². The number of benzene rings is 7. The molecule has 2 unspecified atom stereocenters. The molecule has 2 atom stereocenters. The summed E-state index contributed by atoms with van der Waals surface area (Å²) in [4.78, 5) is 2.69. The van der Waals surface area contributed by atoms with Crippen molar-refractivity contribution >= 4 is 71.2 Å². The van der Waals surface area contributed by atoms with Crippen molar-refractivity contribution < 1.29 is 0 Å². The first-order chi connectivity index (χ1) is 24.4. The van der Waals surface area contributed by atoms with Gasteiger partial charge in [-0.05, 0) is 69.1 Å². The van der Waals surface area contributed by atoms with E-state index in [1.165, 1.54) is 82.3 Å². The van der Waals surface area contributed by atoms with Crippen LogP contribution >= 0.6 is 0 Å². The molecule has 2 aliphatic heterocycles. The summed E-state index contributed by atoms with van der Waals surface area (Å²) in [6, 6.07) is 54.0. The molecule has 9 aromatic rings. The third-order valence-electron chi connectivity index (χ3n) is 11.3. The van der Waals surface area contributed by atoms with Crippen LogP contribution in [0.25, 0.3) is 71.3 Å². The minimum Gasteiger partial charge on any atom is -0.330 e. The molecule has 4 heterocycles. The van der Waals surface area contributed by atoms with E-state index in [0.717, 1.165) is 11.5 Å². The summed E-state index contributed by atoms with van der Waals surface area (Å²) in [6.07, 6.45) is 7.10. The number of anilines is 2. The molecular formula is C46H29N3. The van der Waals surface area contributed by atoms with Crippen molar-refractivity contribution in [3.63, 3.8) is 0 Å². The number of nitrogens with zero attached hydrogens (tertiary/aromatic N) is 3. The lowest BCUT2D eigenvalue weighted by molar-refractivity contribution is 0.784. The SMILES string of the molecule is C1=CC2c3c(c4c(c5ccccc5n4-c4cc5ccccc5n4-c4ccccc4)c4c3ccc3ccccc34)N3c4ccccc4C(=C1)C23. The largest absolute Gasteiger partial charge is 0.330 e. The Hall–Kier alpha value is -6.32. The van der Waals surface area contributed by atoms with Gasteiger partial charge in [0.1, 0.15) is 5.82 Å². The van der Waals surface area contributed by atoms with E-state index < -0.39 is 0 Å². The fourth-order valence-corrected chi connectivity index (χ4v) is 9.53. The van der Waals surface area contributed by atoms with Crippen LogP contribution in [0.4, 0.5) is 11.4 Å². The molecular weight excluding hydrogens is 595 g/mol. The molecule has 0 amide bonds. The molecule has 0 saturated heterocycles. The van der Waals surface area contributed by atoms with Crippen LogP contribution in [0.5, 0.6) is 0 Å². The zero-order valence-corrected chi connectivity index (χ0v) is 26.6. The highest BCUT2D eigenvalue weighted by atomic mass is 15.3. The minimum absolute atomic E-state index is 0.226. The summed E-state index contributed by atoms with van der Waals surface area (Å²) < 4.78 is 5.04. The molecule has 0 spiro atoms. The van der Waals surface area contributed by atoms with Crippen LogP contribution in [0.2, 0.25) is 0 Å². The molecule has 3 heteroatoms. The maximum absolute atomic E-state index is 2.69. The van der Waals surface area contributed by atoms with Crippen LogP contribution in [-0.4, -0.2) is 15.2 Å². The van der Waals surface area contributed by atoms with Gasteiger partial charge in [-0.1, -0.05) is 127 Å². The number of rotatable bonds is 2. The molecule has 0 bridgehead atoms. The monoisotopic (exact) mass is 623 g/mol. The molecule has 0 radical (unpaired) electrons. The number of fused-ring (bicyclic) bond motifs is 16. The molecule has 1 aliphatic carbocycles. The molecule has 3 nitrogen and oxygen atoms in total. The van der Waals surface area contributed by atoms with Gasteiger partial charge >= 0.3 is 0 Å². The number of hydrogen-bond acceptors (Lipinski definition) is 1. The average Bonchev–Trinajstić information content (AvgIpc) is 3.90. The zero-order valence-electron chi connectivity index (χ0n) is 26.6. The summed E-state index contributed by atoms with van der Waals surface area (Å²) >= 11 is 0. The second kappa shape index (κ2) is 9.18. The maximum Gasteiger partial charge on any atom is 0.123 e.